The summed E-state index contributed by atoms with van der Waals surface area (Å²) in [5.41, 5.74) is 8.22. The molecule has 0 spiro atoms. The Kier molecular flexibility index (Phi) is 4.26. The van der Waals surface area contributed by atoms with Gasteiger partial charge in [0.15, 0.2) is 0 Å². The first-order valence-corrected chi connectivity index (χ1v) is 4.88. The fraction of sp³-hybridized carbons (Fsp3) is 0.889. The highest BCUT2D eigenvalue weighted by Crippen LogP contribution is 2.31. The summed E-state index contributed by atoms with van der Waals surface area (Å²) in [6, 6.07) is 0. The van der Waals surface area contributed by atoms with Crippen molar-refractivity contribution >= 4 is 5.97 Å². The van der Waals surface area contributed by atoms with E-state index >= 15 is 0 Å². The van der Waals surface area contributed by atoms with E-state index in [-0.39, 0.29) is 17.8 Å². The third-order valence-corrected chi connectivity index (χ3v) is 2.79. The topological polar surface area (TPSA) is 75.1 Å². The first kappa shape index (κ1) is 10.9. The highest BCUT2D eigenvalue weighted by atomic mass is 16.5. The first-order valence-electron chi connectivity index (χ1n) is 4.88. The minimum Gasteiger partial charge on any atom is -0.469 e. The molecule has 0 radical (unpaired) electrons. The minimum atomic E-state index is -0.164. The van der Waals surface area contributed by atoms with Gasteiger partial charge in [0.2, 0.25) is 0 Å². The van der Waals surface area contributed by atoms with Crippen molar-refractivity contribution in [3.8, 4) is 0 Å². The van der Waals surface area contributed by atoms with Gasteiger partial charge in [-0.05, 0) is 24.3 Å². The van der Waals surface area contributed by atoms with Crippen LogP contribution < -0.4 is 0 Å². The molecule has 1 aliphatic rings. The third-order valence-electron chi connectivity index (χ3n) is 2.79. The molecule has 2 atom stereocenters. The maximum Gasteiger partial charge on any atom is 0.308 e. The van der Waals surface area contributed by atoms with E-state index in [0.717, 1.165) is 25.7 Å². The van der Waals surface area contributed by atoms with Gasteiger partial charge < -0.3 is 4.74 Å². The average molecular weight is 197 g/mol. The van der Waals surface area contributed by atoms with Crippen LogP contribution >= 0.6 is 0 Å². The van der Waals surface area contributed by atoms with Gasteiger partial charge in [-0.1, -0.05) is 18.0 Å². The van der Waals surface area contributed by atoms with Crippen molar-refractivity contribution in [2.45, 2.75) is 25.7 Å². The van der Waals surface area contributed by atoms with Crippen LogP contribution in [0.3, 0.4) is 0 Å². The van der Waals surface area contributed by atoms with Crippen molar-refractivity contribution in [3.63, 3.8) is 0 Å². The summed E-state index contributed by atoms with van der Waals surface area (Å²) >= 11 is 0. The number of nitrogens with zero attached hydrogens (tertiary/aromatic N) is 3. The Morgan fingerprint density at radius 2 is 2.29 bits per heavy atom. The number of carbonyl (C=O) groups is 1. The predicted octanol–water partition coefficient (Wildman–Crippen LogP) is 2.28. The van der Waals surface area contributed by atoms with E-state index in [1.54, 1.807) is 0 Å². The lowest BCUT2D eigenvalue weighted by atomic mass is 9.79. The van der Waals surface area contributed by atoms with E-state index in [2.05, 4.69) is 10.0 Å². The maximum atomic E-state index is 11.4. The molecule has 0 aliphatic heterocycles. The minimum absolute atomic E-state index is 0.0701. The molecule has 5 nitrogen and oxygen atoms in total. The van der Waals surface area contributed by atoms with Crippen molar-refractivity contribution in [2.75, 3.05) is 13.7 Å². The number of hydrogen-bond donors (Lipinski definition) is 0. The number of ether oxygens (including phenoxy) is 1. The summed E-state index contributed by atoms with van der Waals surface area (Å²) in [7, 11) is 1.40. The van der Waals surface area contributed by atoms with Crippen LogP contribution in [0.25, 0.3) is 10.4 Å². The number of azide groups is 1. The molecule has 1 fully saturated rings. The van der Waals surface area contributed by atoms with Crippen molar-refractivity contribution in [2.24, 2.45) is 17.0 Å². The van der Waals surface area contributed by atoms with Crippen molar-refractivity contribution < 1.29 is 9.53 Å². The molecular formula is C9H15N3O2. The Hall–Kier alpha value is -1.22. The number of methoxy groups -OCH3 is 1. The maximum absolute atomic E-state index is 11.4. The normalized spacial score (nSPS) is 26.4. The second-order valence-corrected chi connectivity index (χ2v) is 3.59. The molecule has 1 rings (SSSR count). The van der Waals surface area contributed by atoms with Crippen LogP contribution in [0.4, 0.5) is 0 Å². The molecule has 0 unspecified atom stereocenters. The standard InChI is InChI=1S/C9H15N3O2/c1-14-9(13)8-5-3-2-4-7(8)6-11-12-10/h7-8H,2-6H2,1H3/t7-,8+/m0/s1. The molecule has 0 aromatic carbocycles. The molecule has 1 aliphatic carbocycles. The lowest BCUT2D eigenvalue weighted by molar-refractivity contribution is -0.148. The molecule has 0 aromatic rings. The SMILES string of the molecule is COC(=O)[C@@H]1CCCC[C@H]1CN=[N+]=[N-]. The fourth-order valence-electron chi connectivity index (χ4n) is 2.03. The summed E-state index contributed by atoms with van der Waals surface area (Å²) in [5, 5.41) is 3.54. The quantitative estimate of drug-likeness (QED) is 0.301. The van der Waals surface area contributed by atoms with E-state index in [0.29, 0.717) is 6.54 Å². The zero-order valence-corrected chi connectivity index (χ0v) is 8.35. The Morgan fingerprint density at radius 3 is 2.93 bits per heavy atom. The van der Waals surface area contributed by atoms with Gasteiger partial charge >= 0.3 is 5.97 Å². The Bertz CT molecular complexity index is 248. The van der Waals surface area contributed by atoms with Gasteiger partial charge in [-0.25, -0.2) is 0 Å². The van der Waals surface area contributed by atoms with Gasteiger partial charge in [0.1, 0.15) is 0 Å². The van der Waals surface area contributed by atoms with Crippen LogP contribution in [0.2, 0.25) is 0 Å². The van der Waals surface area contributed by atoms with Crippen LogP contribution in [0, 0.1) is 11.8 Å². The van der Waals surface area contributed by atoms with Crippen LogP contribution in [0.15, 0.2) is 5.11 Å². The molecule has 0 amide bonds. The molecule has 0 heterocycles. The van der Waals surface area contributed by atoms with Crippen LogP contribution in [-0.4, -0.2) is 19.6 Å². The predicted molar refractivity (Wildman–Crippen MR) is 51.5 cm³/mol. The molecule has 1 saturated carbocycles. The van der Waals surface area contributed by atoms with Gasteiger partial charge in [0.25, 0.3) is 0 Å². The highest BCUT2D eigenvalue weighted by molar-refractivity contribution is 5.72. The second-order valence-electron chi connectivity index (χ2n) is 3.59. The smallest absolute Gasteiger partial charge is 0.308 e. The van der Waals surface area contributed by atoms with Gasteiger partial charge in [0.05, 0.1) is 13.0 Å². The van der Waals surface area contributed by atoms with E-state index < -0.39 is 0 Å². The molecule has 0 saturated heterocycles. The summed E-state index contributed by atoms with van der Waals surface area (Å²) in [5.74, 6) is -0.0609. The van der Waals surface area contributed by atoms with Crippen LogP contribution in [-0.2, 0) is 9.53 Å². The Balaban J connectivity index is 2.58. The van der Waals surface area contributed by atoms with Crippen LogP contribution in [0.5, 0.6) is 0 Å². The largest absolute Gasteiger partial charge is 0.469 e. The van der Waals surface area contributed by atoms with E-state index in [1.165, 1.54) is 7.11 Å². The van der Waals surface area contributed by atoms with Crippen molar-refractivity contribution in [1.82, 2.24) is 0 Å². The number of rotatable bonds is 3. The van der Waals surface area contributed by atoms with Gasteiger partial charge in [-0.2, -0.15) is 0 Å². The lowest BCUT2D eigenvalue weighted by Gasteiger charge is -2.28. The molecule has 0 N–H and O–H groups in total. The fourth-order valence-corrected chi connectivity index (χ4v) is 2.03. The molecular weight excluding hydrogens is 182 g/mol. The van der Waals surface area contributed by atoms with E-state index in [1.807, 2.05) is 0 Å². The summed E-state index contributed by atoms with van der Waals surface area (Å²) < 4.78 is 4.73. The number of carbonyl (C=O) groups excluding carboxylic acids is 1. The second kappa shape index (κ2) is 5.50. The first-order chi connectivity index (χ1) is 6.79. The average Bonchev–Trinajstić information content (AvgIpc) is 2.25. The third kappa shape index (κ3) is 2.64. The highest BCUT2D eigenvalue weighted by Gasteiger charge is 2.30. The number of esters is 1. The zero-order chi connectivity index (χ0) is 10.4. The summed E-state index contributed by atoms with van der Waals surface area (Å²) in [6.07, 6.45) is 3.99. The van der Waals surface area contributed by atoms with Crippen LogP contribution in [0.1, 0.15) is 25.7 Å². The summed E-state index contributed by atoms with van der Waals surface area (Å²) in [6.45, 7) is 0.413. The van der Waals surface area contributed by atoms with E-state index in [4.69, 9.17) is 10.3 Å². The monoisotopic (exact) mass is 197 g/mol. The summed E-state index contributed by atoms with van der Waals surface area (Å²) in [4.78, 5) is 14.1. The molecule has 0 bridgehead atoms. The number of hydrogen-bond acceptors (Lipinski definition) is 3. The molecule has 5 heteroatoms. The van der Waals surface area contributed by atoms with Gasteiger partial charge in [-0.3, -0.25) is 4.79 Å². The zero-order valence-electron chi connectivity index (χ0n) is 8.35. The van der Waals surface area contributed by atoms with E-state index in [9.17, 15) is 4.79 Å². The molecule has 14 heavy (non-hydrogen) atoms. The van der Waals surface area contributed by atoms with Crippen molar-refractivity contribution in [3.05, 3.63) is 10.4 Å². The van der Waals surface area contributed by atoms with Crippen molar-refractivity contribution in [1.29, 1.82) is 0 Å². The molecule has 78 valence electrons. The Labute approximate surface area is 83.1 Å². The van der Waals surface area contributed by atoms with Gasteiger partial charge in [-0.15, -0.1) is 0 Å². The van der Waals surface area contributed by atoms with Gasteiger partial charge in [0, 0.05) is 11.5 Å². The molecule has 0 aromatic heterocycles. The Morgan fingerprint density at radius 1 is 1.57 bits per heavy atom. The lowest BCUT2D eigenvalue weighted by Crippen LogP contribution is -2.29.